The Labute approximate surface area is 96.2 Å². The Kier molecular flexibility index (Phi) is 2.97. The monoisotopic (exact) mass is 234 g/mol. The van der Waals surface area contributed by atoms with E-state index in [1.807, 2.05) is 0 Å². The molecule has 8 heteroatoms. The number of rotatable bonds is 3. The fourth-order valence-electron chi connectivity index (χ4n) is 1.09. The van der Waals surface area contributed by atoms with Crippen LogP contribution in [0, 0.1) is 6.92 Å². The molecule has 0 aliphatic carbocycles. The zero-order chi connectivity index (χ0) is 12.3. The fourth-order valence-corrected chi connectivity index (χ4v) is 1.09. The molecule has 0 saturated heterocycles. The fraction of sp³-hybridized carbons (Fsp3) is 0.111. The van der Waals surface area contributed by atoms with E-state index in [0.29, 0.717) is 11.5 Å². The van der Waals surface area contributed by atoms with Gasteiger partial charge in [-0.3, -0.25) is 10.1 Å². The van der Waals surface area contributed by atoms with Crippen molar-refractivity contribution in [2.24, 2.45) is 5.84 Å². The van der Waals surface area contributed by atoms with E-state index in [1.165, 1.54) is 18.7 Å². The molecule has 0 aromatic carbocycles. The summed E-state index contributed by atoms with van der Waals surface area (Å²) in [5.74, 6) is 5.04. The van der Waals surface area contributed by atoms with E-state index in [4.69, 9.17) is 10.3 Å². The normalized spacial score (nSPS) is 10.0. The molecule has 88 valence electrons. The summed E-state index contributed by atoms with van der Waals surface area (Å²) in [6, 6.07) is 0.121. The lowest BCUT2D eigenvalue weighted by molar-refractivity contribution is 0.101. The molecule has 0 unspecified atom stereocenters. The number of carbonyl (C=O) groups is 1. The van der Waals surface area contributed by atoms with Gasteiger partial charge in [0.15, 0.2) is 5.82 Å². The largest absolute Gasteiger partial charge is 0.432 e. The summed E-state index contributed by atoms with van der Waals surface area (Å²) in [6.45, 7) is 1.75. The molecule has 4 N–H and O–H groups in total. The maximum Gasteiger partial charge on any atom is 0.301 e. The van der Waals surface area contributed by atoms with Gasteiger partial charge in [0.05, 0.1) is 18.1 Å². The van der Waals surface area contributed by atoms with Gasteiger partial charge in [-0.1, -0.05) is 0 Å². The average molecular weight is 234 g/mol. The molecule has 0 atom stereocenters. The third kappa shape index (κ3) is 2.55. The van der Waals surface area contributed by atoms with Crippen molar-refractivity contribution in [2.75, 3.05) is 10.7 Å². The molecule has 8 nitrogen and oxygen atoms in total. The SMILES string of the molecule is Cc1coc(NC(=O)c2cnc(NN)cn2)n1. The van der Waals surface area contributed by atoms with Crippen LogP contribution in [0.1, 0.15) is 16.2 Å². The van der Waals surface area contributed by atoms with Gasteiger partial charge < -0.3 is 9.84 Å². The highest BCUT2D eigenvalue weighted by molar-refractivity contribution is 6.01. The van der Waals surface area contributed by atoms with Gasteiger partial charge in [0.25, 0.3) is 5.91 Å². The van der Waals surface area contributed by atoms with Crippen LogP contribution in [0.4, 0.5) is 11.8 Å². The van der Waals surface area contributed by atoms with Crippen molar-refractivity contribution in [3.63, 3.8) is 0 Å². The first-order valence-electron chi connectivity index (χ1n) is 4.71. The van der Waals surface area contributed by atoms with E-state index in [2.05, 4.69) is 25.7 Å². The van der Waals surface area contributed by atoms with Crippen LogP contribution < -0.4 is 16.6 Å². The summed E-state index contributed by atoms with van der Waals surface area (Å²) in [4.78, 5) is 23.3. The molecule has 0 spiro atoms. The molecule has 0 aliphatic heterocycles. The van der Waals surface area contributed by atoms with Crippen LogP contribution in [0.15, 0.2) is 23.1 Å². The molecule has 2 aromatic heterocycles. The number of carbonyl (C=O) groups excluding carboxylic acids is 1. The Balaban J connectivity index is 2.09. The zero-order valence-electron chi connectivity index (χ0n) is 8.97. The molecule has 2 aromatic rings. The second-order valence-corrected chi connectivity index (χ2v) is 3.18. The quantitative estimate of drug-likeness (QED) is 0.516. The summed E-state index contributed by atoms with van der Waals surface area (Å²) in [5, 5.41) is 2.45. The highest BCUT2D eigenvalue weighted by Crippen LogP contribution is 2.08. The molecular formula is C9H10N6O2. The lowest BCUT2D eigenvalue weighted by Gasteiger charge is -2.01. The van der Waals surface area contributed by atoms with Crippen molar-refractivity contribution < 1.29 is 9.21 Å². The molecule has 0 radical (unpaired) electrons. The number of oxazole rings is 1. The number of nitrogens with one attached hydrogen (secondary N) is 2. The topological polar surface area (TPSA) is 119 Å². The predicted molar refractivity (Wildman–Crippen MR) is 59.0 cm³/mol. The number of hydrogen-bond acceptors (Lipinski definition) is 7. The van der Waals surface area contributed by atoms with Crippen molar-refractivity contribution in [1.29, 1.82) is 0 Å². The van der Waals surface area contributed by atoms with E-state index >= 15 is 0 Å². The number of aromatic nitrogens is 3. The van der Waals surface area contributed by atoms with Crippen LogP contribution in [0.25, 0.3) is 0 Å². The minimum absolute atomic E-state index is 0.121. The first kappa shape index (κ1) is 11.0. The standard InChI is InChI=1S/C9H10N6O2/c1-5-4-17-9(13-5)14-8(16)6-2-12-7(15-10)3-11-6/h2-4H,10H2,1H3,(H,12,15)(H,13,14,16). The van der Waals surface area contributed by atoms with Gasteiger partial charge in [0.1, 0.15) is 12.0 Å². The number of aryl methyl sites for hydroxylation is 1. The lowest BCUT2D eigenvalue weighted by atomic mass is 10.4. The van der Waals surface area contributed by atoms with Crippen LogP contribution in [-0.2, 0) is 0 Å². The Hall–Kier alpha value is -2.48. The van der Waals surface area contributed by atoms with Crippen LogP contribution >= 0.6 is 0 Å². The number of hydrogen-bond donors (Lipinski definition) is 3. The van der Waals surface area contributed by atoms with E-state index in [1.54, 1.807) is 6.92 Å². The second kappa shape index (κ2) is 4.58. The maximum atomic E-state index is 11.7. The zero-order valence-corrected chi connectivity index (χ0v) is 8.97. The van der Waals surface area contributed by atoms with Crippen molar-refractivity contribution >= 4 is 17.7 Å². The molecular weight excluding hydrogens is 224 g/mol. The minimum Gasteiger partial charge on any atom is -0.432 e. The van der Waals surface area contributed by atoms with Crippen LogP contribution in [0.3, 0.4) is 0 Å². The highest BCUT2D eigenvalue weighted by Gasteiger charge is 2.11. The van der Waals surface area contributed by atoms with Gasteiger partial charge in [-0.15, -0.1) is 0 Å². The van der Waals surface area contributed by atoms with Gasteiger partial charge in [-0.25, -0.2) is 15.8 Å². The van der Waals surface area contributed by atoms with E-state index < -0.39 is 5.91 Å². The van der Waals surface area contributed by atoms with Gasteiger partial charge in [-0.05, 0) is 6.92 Å². The lowest BCUT2D eigenvalue weighted by Crippen LogP contribution is -2.15. The van der Waals surface area contributed by atoms with Crippen LogP contribution in [-0.4, -0.2) is 20.9 Å². The van der Waals surface area contributed by atoms with Crippen molar-refractivity contribution in [1.82, 2.24) is 15.0 Å². The molecule has 2 rings (SSSR count). The Morgan fingerprint density at radius 2 is 2.24 bits per heavy atom. The summed E-state index contributed by atoms with van der Waals surface area (Å²) in [6.07, 6.45) is 4.07. The highest BCUT2D eigenvalue weighted by atomic mass is 16.4. The number of nitrogens with zero attached hydrogens (tertiary/aromatic N) is 3. The predicted octanol–water partition coefficient (Wildman–Crippen LogP) is 0.311. The van der Waals surface area contributed by atoms with Gasteiger partial charge in [-0.2, -0.15) is 4.98 Å². The number of amides is 1. The summed E-state index contributed by atoms with van der Waals surface area (Å²) in [7, 11) is 0. The molecule has 2 heterocycles. The van der Waals surface area contributed by atoms with Crippen molar-refractivity contribution in [2.45, 2.75) is 6.92 Å². The molecule has 1 amide bonds. The Morgan fingerprint density at radius 3 is 2.76 bits per heavy atom. The average Bonchev–Trinajstić information content (AvgIpc) is 2.75. The van der Waals surface area contributed by atoms with E-state index in [0.717, 1.165) is 0 Å². The number of nitrogens with two attached hydrogens (primary N) is 1. The first-order chi connectivity index (χ1) is 8.19. The Bertz CT molecular complexity index is 521. The molecule has 0 bridgehead atoms. The van der Waals surface area contributed by atoms with E-state index in [9.17, 15) is 4.79 Å². The van der Waals surface area contributed by atoms with Gasteiger partial charge in [0, 0.05) is 0 Å². The molecule has 0 aliphatic rings. The van der Waals surface area contributed by atoms with E-state index in [-0.39, 0.29) is 11.7 Å². The minimum atomic E-state index is -0.456. The maximum absolute atomic E-state index is 11.7. The van der Waals surface area contributed by atoms with Gasteiger partial charge >= 0.3 is 6.01 Å². The van der Waals surface area contributed by atoms with Crippen molar-refractivity contribution in [3.05, 3.63) is 30.0 Å². The van der Waals surface area contributed by atoms with Gasteiger partial charge in [0.2, 0.25) is 0 Å². The third-order valence-electron chi connectivity index (χ3n) is 1.87. The Morgan fingerprint density at radius 1 is 1.41 bits per heavy atom. The molecule has 0 fully saturated rings. The van der Waals surface area contributed by atoms with Crippen LogP contribution in [0.5, 0.6) is 0 Å². The summed E-state index contributed by atoms with van der Waals surface area (Å²) >= 11 is 0. The summed E-state index contributed by atoms with van der Waals surface area (Å²) < 4.78 is 4.98. The number of anilines is 2. The van der Waals surface area contributed by atoms with Crippen LogP contribution in [0.2, 0.25) is 0 Å². The smallest absolute Gasteiger partial charge is 0.301 e. The van der Waals surface area contributed by atoms with Crippen molar-refractivity contribution in [3.8, 4) is 0 Å². The summed E-state index contributed by atoms with van der Waals surface area (Å²) in [5.41, 5.74) is 3.12. The molecule has 0 saturated carbocycles. The number of hydrazine groups is 1. The number of nitrogen functional groups attached to an aromatic ring is 1. The first-order valence-corrected chi connectivity index (χ1v) is 4.71. The second-order valence-electron chi connectivity index (χ2n) is 3.18. The third-order valence-corrected chi connectivity index (χ3v) is 1.87. The molecule has 17 heavy (non-hydrogen) atoms.